The lowest BCUT2D eigenvalue weighted by atomic mass is 10.2. The Kier molecular flexibility index (Phi) is 4.93. The predicted molar refractivity (Wildman–Crippen MR) is 75.9 cm³/mol. The van der Waals surface area contributed by atoms with Gasteiger partial charge in [0.05, 0.1) is 10.5 Å². The molecule has 0 radical (unpaired) electrons. The SMILES string of the molecule is NC(=O)NC1CCN(C(=O)c2ccccc2S(=O)C(F)(F)F)C1. The van der Waals surface area contributed by atoms with Crippen LogP contribution in [-0.4, -0.2) is 45.7 Å². The Labute approximate surface area is 132 Å². The molecule has 0 bridgehead atoms. The second kappa shape index (κ2) is 6.57. The van der Waals surface area contributed by atoms with Crippen molar-refractivity contribution in [3.05, 3.63) is 29.8 Å². The van der Waals surface area contributed by atoms with Gasteiger partial charge in [-0.15, -0.1) is 0 Å². The van der Waals surface area contributed by atoms with Gasteiger partial charge in [-0.3, -0.25) is 4.79 Å². The van der Waals surface area contributed by atoms with Crippen LogP contribution in [0.2, 0.25) is 0 Å². The monoisotopic (exact) mass is 349 g/mol. The van der Waals surface area contributed by atoms with Gasteiger partial charge in [-0.1, -0.05) is 12.1 Å². The van der Waals surface area contributed by atoms with Gasteiger partial charge in [0.25, 0.3) is 5.91 Å². The van der Waals surface area contributed by atoms with Crippen LogP contribution in [-0.2, 0) is 10.8 Å². The summed E-state index contributed by atoms with van der Waals surface area (Å²) in [5, 5.41) is 2.44. The van der Waals surface area contributed by atoms with Gasteiger partial charge in [0.15, 0.2) is 10.8 Å². The van der Waals surface area contributed by atoms with Crippen LogP contribution in [0.3, 0.4) is 0 Å². The molecule has 0 aromatic heterocycles. The molecule has 6 nitrogen and oxygen atoms in total. The first-order chi connectivity index (χ1) is 10.7. The van der Waals surface area contributed by atoms with E-state index in [1.165, 1.54) is 23.1 Å². The fourth-order valence-corrected chi connectivity index (χ4v) is 3.17. The standard InChI is InChI=1S/C13H14F3N3O3S/c14-13(15,16)23(22)10-4-2-1-3-9(10)11(20)19-6-5-8(7-19)18-12(17)21/h1-4,8H,5-7H2,(H3,17,18,21). The van der Waals surface area contributed by atoms with Crippen LogP contribution in [0.15, 0.2) is 29.2 Å². The Hall–Kier alpha value is -2.10. The van der Waals surface area contributed by atoms with E-state index >= 15 is 0 Å². The van der Waals surface area contributed by atoms with Gasteiger partial charge in [-0.2, -0.15) is 13.2 Å². The lowest BCUT2D eigenvalue weighted by Gasteiger charge is -2.19. The summed E-state index contributed by atoms with van der Waals surface area (Å²) in [6.45, 7) is 0.394. The predicted octanol–water partition coefficient (Wildman–Crippen LogP) is 1.20. The maximum absolute atomic E-state index is 12.7. The summed E-state index contributed by atoms with van der Waals surface area (Å²) < 4.78 is 49.6. The van der Waals surface area contributed by atoms with Gasteiger partial charge in [0, 0.05) is 19.1 Å². The van der Waals surface area contributed by atoms with Crippen molar-refractivity contribution in [1.82, 2.24) is 10.2 Å². The van der Waals surface area contributed by atoms with Gasteiger partial charge in [0.2, 0.25) is 0 Å². The summed E-state index contributed by atoms with van der Waals surface area (Å²) in [7, 11) is -3.29. The Morgan fingerprint density at radius 1 is 1.30 bits per heavy atom. The van der Waals surface area contributed by atoms with Gasteiger partial charge in [0.1, 0.15) is 0 Å². The number of hydrogen-bond acceptors (Lipinski definition) is 3. The number of nitrogens with zero attached hydrogens (tertiary/aromatic N) is 1. The zero-order valence-corrected chi connectivity index (χ0v) is 12.6. The molecule has 126 valence electrons. The van der Waals surface area contributed by atoms with E-state index in [0.717, 1.165) is 6.07 Å². The van der Waals surface area contributed by atoms with E-state index in [2.05, 4.69) is 5.32 Å². The highest BCUT2D eigenvalue weighted by Gasteiger charge is 2.40. The van der Waals surface area contributed by atoms with Crippen molar-refractivity contribution >= 4 is 22.7 Å². The van der Waals surface area contributed by atoms with Crippen molar-refractivity contribution < 1.29 is 27.0 Å². The van der Waals surface area contributed by atoms with Crippen LogP contribution in [0.1, 0.15) is 16.8 Å². The van der Waals surface area contributed by atoms with Crippen LogP contribution in [0, 0.1) is 0 Å². The summed E-state index contributed by atoms with van der Waals surface area (Å²) in [5.41, 5.74) is -0.210. The molecule has 10 heteroatoms. The number of amides is 3. The summed E-state index contributed by atoms with van der Waals surface area (Å²) in [5.74, 6) is -0.660. The van der Waals surface area contributed by atoms with Crippen LogP contribution in [0.5, 0.6) is 0 Å². The molecule has 0 saturated carbocycles. The molecule has 23 heavy (non-hydrogen) atoms. The molecule has 0 spiro atoms. The first-order valence-electron chi connectivity index (χ1n) is 6.63. The van der Waals surface area contributed by atoms with Crippen LogP contribution >= 0.6 is 0 Å². The van der Waals surface area contributed by atoms with E-state index in [1.54, 1.807) is 0 Å². The molecule has 1 fully saturated rings. The van der Waals surface area contributed by atoms with Crippen LogP contribution < -0.4 is 11.1 Å². The van der Waals surface area contributed by atoms with Crippen molar-refractivity contribution in [2.75, 3.05) is 13.1 Å². The van der Waals surface area contributed by atoms with E-state index in [-0.39, 0.29) is 24.7 Å². The zero-order valence-electron chi connectivity index (χ0n) is 11.8. The molecule has 3 amide bonds. The Morgan fingerprint density at radius 2 is 1.96 bits per heavy atom. The minimum atomic E-state index is -4.95. The Balaban J connectivity index is 2.21. The number of likely N-dealkylation sites (tertiary alicyclic amines) is 1. The maximum Gasteiger partial charge on any atom is 0.475 e. The van der Waals surface area contributed by atoms with E-state index < -0.39 is 33.1 Å². The van der Waals surface area contributed by atoms with Gasteiger partial charge in [-0.25, -0.2) is 9.00 Å². The lowest BCUT2D eigenvalue weighted by Crippen LogP contribution is -2.41. The molecule has 1 saturated heterocycles. The molecule has 1 aliphatic rings. The largest absolute Gasteiger partial charge is 0.475 e. The second-order valence-electron chi connectivity index (χ2n) is 4.96. The minimum Gasteiger partial charge on any atom is -0.352 e. The number of halogens is 3. The molecule has 0 aliphatic carbocycles. The molecule has 1 aromatic rings. The maximum atomic E-state index is 12.7. The highest BCUT2D eigenvalue weighted by atomic mass is 32.2. The van der Waals surface area contributed by atoms with E-state index in [1.807, 2.05) is 0 Å². The number of carbonyl (C=O) groups is 2. The molecular weight excluding hydrogens is 335 g/mol. The fraction of sp³-hybridized carbons (Fsp3) is 0.385. The first-order valence-corrected chi connectivity index (χ1v) is 7.78. The van der Waals surface area contributed by atoms with Gasteiger partial charge in [-0.05, 0) is 18.6 Å². The number of rotatable bonds is 3. The first kappa shape index (κ1) is 17.3. The molecule has 1 heterocycles. The average molecular weight is 349 g/mol. The summed E-state index contributed by atoms with van der Waals surface area (Å²) in [6, 6.07) is 3.83. The molecule has 2 atom stereocenters. The Bertz CT molecular complexity index is 651. The molecule has 2 unspecified atom stereocenters. The summed E-state index contributed by atoms with van der Waals surface area (Å²) in [4.78, 5) is 23.9. The molecule has 1 aromatic carbocycles. The highest BCUT2D eigenvalue weighted by Crippen LogP contribution is 2.29. The summed E-state index contributed by atoms with van der Waals surface area (Å²) >= 11 is 0. The highest BCUT2D eigenvalue weighted by molar-refractivity contribution is 7.86. The fourth-order valence-electron chi connectivity index (χ4n) is 2.36. The Morgan fingerprint density at radius 3 is 2.57 bits per heavy atom. The number of carbonyl (C=O) groups excluding carboxylic acids is 2. The van der Waals surface area contributed by atoms with Gasteiger partial charge >= 0.3 is 11.5 Å². The second-order valence-corrected chi connectivity index (χ2v) is 6.40. The molecule has 1 aliphatic heterocycles. The van der Waals surface area contributed by atoms with Crippen LogP contribution in [0.25, 0.3) is 0 Å². The lowest BCUT2D eigenvalue weighted by molar-refractivity contribution is -0.0384. The van der Waals surface area contributed by atoms with Crippen molar-refractivity contribution in [3.8, 4) is 0 Å². The third-order valence-electron chi connectivity index (χ3n) is 3.35. The van der Waals surface area contributed by atoms with E-state index in [0.29, 0.717) is 6.42 Å². The number of nitrogens with two attached hydrogens (primary N) is 1. The number of nitrogens with one attached hydrogen (secondary N) is 1. The number of alkyl halides is 3. The third kappa shape index (κ3) is 4.01. The zero-order chi connectivity index (χ0) is 17.2. The molecule has 2 rings (SSSR count). The van der Waals surface area contributed by atoms with Crippen molar-refractivity contribution in [2.45, 2.75) is 22.9 Å². The normalized spacial score (nSPS) is 19.4. The topological polar surface area (TPSA) is 92.5 Å². The summed E-state index contributed by atoms with van der Waals surface area (Å²) in [6.07, 6.45) is 0.444. The smallest absolute Gasteiger partial charge is 0.352 e. The molecule has 3 N–H and O–H groups in total. The van der Waals surface area contributed by atoms with Crippen LogP contribution in [0.4, 0.5) is 18.0 Å². The van der Waals surface area contributed by atoms with Gasteiger partial charge < -0.3 is 16.0 Å². The van der Waals surface area contributed by atoms with E-state index in [9.17, 15) is 27.0 Å². The van der Waals surface area contributed by atoms with Crippen molar-refractivity contribution in [3.63, 3.8) is 0 Å². The average Bonchev–Trinajstić information content (AvgIpc) is 2.92. The number of hydrogen-bond donors (Lipinski definition) is 2. The quantitative estimate of drug-likeness (QED) is 0.859. The van der Waals surface area contributed by atoms with Crippen molar-refractivity contribution in [2.24, 2.45) is 5.73 Å². The number of urea groups is 1. The third-order valence-corrected chi connectivity index (χ3v) is 4.53. The van der Waals surface area contributed by atoms with Crippen molar-refractivity contribution in [1.29, 1.82) is 0 Å². The number of benzene rings is 1. The minimum absolute atomic E-state index is 0.134. The molecular formula is C13H14F3N3O3S. The van der Waals surface area contributed by atoms with E-state index in [4.69, 9.17) is 5.73 Å². The number of primary amides is 1.